The van der Waals surface area contributed by atoms with E-state index < -0.39 is 48.1 Å². The van der Waals surface area contributed by atoms with Gasteiger partial charge >= 0.3 is 11.9 Å². The fraction of sp³-hybridized carbons (Fsp3) is 0.667. The lowest BCUT2D eigenvalue weighted by Gasteiger charge is -2.38. The molecule has 1 aliphatic carbocycles. The van der Waals surface area contributed by atoms with Gasteiger partial charge in [-0.1, -0.05) is 12.8 Å². The third-order valence-electron chi connectivity index (χ3n) is 6.86. The van der Waals surface area contributed by atoms with E-state index in [0.29, 0.717) is 42.6 Å². The first-order chi connectivity index (χ1) is 17.2. The summed E-state index contributed by atoms with van der Waals surface area (Å²) in [5.41, 5.74) is 8.11. The molecule has 5 atom stereocenters. The Balaban J connectivity index is 1.61. The summed E-state index contributed by atoms with van der Waals surface area (Å²) >= 11 is 1.47. The van der Waals surface area contributed by atoms with Crippen LogP contribution in [-0.2, 0) is 14.3 Å². The zero-order chi connectivity index (χ0) is 26.0. The van der Waals surface area contributed by atoms with Gasteiger partial charge in [-0.05, 0) is 31.3 Å². The normalized spacial score (nSPS) is 26.6. The molecule has 0 aromatic carbocycles. The Morgan fingerprint density at radius 3 is 2.64 bits per heavy atom. The number of nitrogens with one attached hydrogen (secondary N) is 1. The molecule has 0 radical (unpaired) electrons. The molecule has 15 heteroatoms. The average molecular weight is 526 g/mol. The molecule has 3 heterocycles. The molecule has 4 rings (SSSR count). The second-order valence-corrected chi connectivity index (χ2v) is 10.1. The number of hydrazine groups is 1. The van der Waals surface area contributed by atoms with Crippen molar-refractivity contribution in [3.05, 3.63) is 12.7 Å². The molecule has 36 heavy (non-hydrogen) atoms. The highest BCUT2D eigenvalue weighted by molar-refractivity contribution is 7.98. The third kappa shape index (κ3) is 4.99. The van der Waals surface area contributed by atoms with E-state index in [1.54, 1.807) is 0 Å². The number of nitrogens with zero attached hydrogens (tertiary/aromatic N) is 5. The highest BCUT2D eigenvalue weighted by atomic mass is 32.2. The Kier molecular flexibility index (Phi) is 7.96. The van der Waals surface area contributed by atoms with Crippen molar-refractivity contribution >= 4 is 40.7 Å². The maximum atomic E-state index is 12.2. The van der Waals surface area contributed by atoms with Crippen molar-refractivity contribution in [3.8, 4) is 0 Å². The fourth-order valence-corrected chi connectivity index (χ4v) is 5.34. The molecule has 2 fully saturated rings. The van der Waals surface area contributed by atoms with Crippen molar-refractivity contribution in [1.82, 2.24) is 30.0 Å². The minimum atomic E-state index is -1.39. The molecule has 0 amide bonds. The summed E-state index contributed by atoms with van der Waals surface area (Å²) < 4.78 is 7.42. The van der Waals surface area contributed by atoms with E-state index in [0.717, 1.165) is 0 Å². The summed E-state index contributed by atoms with van der Waals surface area (Å²) in [6.45, 7) is -0.182. The van der Waals surface area contributed by atoms with Crippen LogP contribution >= 0.6 is 11.8 Å². The Bertz CT molecular complexity index is 1100. The zero-order valence-corrected chi connectivity index (χ0v) is 20.5. The van der Waals surface area contributed by atoms with E-state index in [-0.39, 0.29) is 18.8 Å². The van der Waals surface area contributed by atoms with E-state index in [4.69, 9.17) is 10.5 Å². The van der Waals surface area contributed by atoms with Gasteiger partial charge in [-0.2, -0.15) is 11.8 Å². The van der Waals surface area contributed by atoms with E-state index in [1.807, 2.05) is 6.26 Å². The molecule has 2 aromatic rings. The van der Waals surface area contributed by atoms with Gasteiger partial charge in [0.2, 0.25) is 0 Å². The smallest absolute Gasteiger partial charge is 0.325 e. The number of rotatable bonds is 11. The summed E-state index contributed by atoms with van der Waals surface area (Å²) in [7, 11) is 0. The van der Waals surface area contributed by atoms with Crippen molar-refractivity contribution in [2.45, 2.75) is 68.2 Å². The molecule has 1 saturated carbocycles. The number of carboxylic acids is 2. The van der Waals surface area contributed by atoms with Gasteiger partial charge in [-0.15, -0.1) is 0 Å². The maximum absolute atomic E-state index is 12.2. The number of aliphatic hydroxyl groups is 2. The molecule has 0 spiro atoms. The molecule has 14 nitrogen and oxygen atoms in total. The number of thioether (sulfide) groups is 1. The highest BCUT2D eigenvalue weighted by Gasteiger charge is 2.49. The van der Waals surface area contributed by atoms with Gasteiger partial charge in [-0.3, -0.25) is 14.2 Å². The number of hydrogen-bond acceptors (Lipinski definition) is 12. The first kappa shape index (κ1) is 26.5. The Hall–Kier alpha value is -2.56. The van der Waals surface area contributed by atoms with E-state index in [1.165, 1.54) is 34.0 Å². The summed E-state index contributed by atoms with van der Waals surface area (Å²) in [5, 5.41) is 42.9. The lowest BCUT2D eigenvalue weighted by atomic mass is 9.98. The molecular weight excluding hydrogens is 494 g/mol. The number of carbonyl (C=O) groups is 2. The second-order valence-electron chi connectivity index (χ2n) is 9.12. The van der Waals surface area contributed by atoms with Crippen molar-refractivity contribution in [2.75, 3.05) is 24.3 Å². The monoisotopic (exact) mass is 525 g/mol. The van der Waals surface area contributed by atoms with Gasteiger partial charge in [0.1, 0.15) is 41.7 Å². The van der Waals surface area contributed by atoms with Crippen LogP contribution < -0.4 is 11.2 Å². The summed E-state index contributed by atoms with van der Waals surface area (Å²) in [6.07, 6.45) is 1.85. The molecule has 2 aromatic heterocycles. The molecule has 198 valence electrons. The zero-order valence-electron chi connectivity index (χ0n) is 19.7. The number of aromatic nitrogens is 4. The molecule has 7 N–H and O–H groups in total. The largest absolute Gasteiger partial charge is 0.480 e. The lowest BCUT2D eigenvalue weighted by molar-refractivity contribution is -0.156. The Morgan fingerprint density at radius 1 is 1.28 bits per heavy atom. The molecular formula is C21H31N7O7S. The van der Waals surface area contributed by atoms with Gasteiger partial charge in [0.25, 0.3) is 0 Å². The summed E-state index contributed by atoms with van der Waals surface area (Å²) in [5.74, 6) is -1.52. The van der Waals surface area contributed by atoms with Crippen LogP contribution in [0.3, 0.4) is 0 Å². The van der Waals surface area contributed by atoms with Gasteiger partial charge in [0, 0.05) is 6.54 Å². The van der Waals surface area contributed by atoms with Crippen LogP contribution in [0.2, 0.25) is 0 Å². The van der Waals surface area contributed by atoms with Crippen LogP contribution in [0.4, 0.5) is 5.82 Å². The topological polar surface area (TPSA) is 209 Å². The average Bonchev–Trinajstić information content (AvgIpc) is 3.55. The minimum absolute atomic E-state index is 0.146. The fourth-order valence-electron chi connectivity index (χ4n) is 4.88. The van der Waals surface area contributed by atoms with Gasteiger partial charge in [0.05, 0.1) is 6.33 Å². The van der Waals surface area contributed by atoms with E-state index in [9.17, 15) is 30.0 Å². The van der Waals surface area contributed by atoms with Crippen LogP contribution in [0.5, 0.6) is 0 Å². The standard InChI is InChI=1S/C21H31N7O7S/c1-36-7-4-11(19(31)32)28(26-21(20(33)34)5-2-3-6-21)8-12-14(29)15(30)18(35-12)27-10-25-13-16(22)23-9-24-17(13)27/h9-12,14-15,18,26,29-30H,2-8H2,1H3,(H,31,32)(H,33,34)(H2,22,23,24)/t11-,12+,14+,15+,18+/m0/s1. The summed E-state index contributed by atoms with van der Waals surface area (Å²) in [6, 6.07) is -1.08. The van der Waals surface area contributed by atoms with Crippen molar-refractivity contribution in [3.63, 3.8) is 0 Å². The highest BCUT2D eigenvalue weighted by Crippen LogP contribution is 2.34. The van der Waals surface area contributed by atoms with Gasteiger partial charge in [0.15, 0.2) is 17.7 Å². The minimum Gasteiger partial charge on any atom is -0.480 e. The first-order valence-electron chi connectivity index (χ1n) is 11.6. The Morgan fingerprint density at radius 2 is 2.00 bits per heavy atom. The van der Waals surface area contributed by atoms with Crippen LogP contribution in [0.25, 0.3) is 11.2 Å². The number of ether oxygens (including phenoxy) is 1. The van der Waals surface area contributed by atoms with Crippen molar-refractivity contribution in [1.29, 1.82) is 0 Å². The molecule has 0 unspecified atom stereocenters. The third-order valence-corrected chi connectivity index (χ3v) is 7.50. The van der Waals surface area contributed by atoms with E-state index in [2.05, 4.69) is 20.4 Å². The summed E-state index contributed by atoms with van der Waals surface area (Å²) in [4.78, 5) is 36.6. The van der Waals surface area contributed by atoms with Gasteiger partial charge in [-0.25, -0.2) is 25.4 Å². The Labute approximate surface area is 210 Å². The number of carboxylic acid groups (broad SMARTS) is 2. The molecule has 1 saturated heterocycles. The van der Waals surface area contributed by atoms with Crippen LogP contribution in [0, 0.1) is 0 Å². The number of fused-ring (bicyclic) bond motifs is 1. The van der Waals surface area contributed by atoms with E-state index >= 15 is 0 Å². The number of nitrogen functional groups attached to an aromatic ring is 1. The second kappa shape index (κ2) is 10.8. The SMILES string of the molecule is CSCC[C@@H](C(=O)O)N(C[C@H]1O[C@@H](n2cnc3c(N)ncnc32)[C@H](O)[C@@H]1O)NC1(C(=O)O)CCCC1. The number of hydrogen-bond donors (Lipinski definition) is 6. The number of nitrogens with two attached hydrogens (primary N) is 1. The van der Waals surface area contributed by atoms with Crippen LogP contribution in [0.1, 0.15) is 38.3 Å². The maximum Gasteiger partial charge on any atom is 0.325 e. The van der Waals surface area contributed by atoms with Crippen LogP contribution in [-0.4, -0.2) is 105 Å². The molecule has 1 aliphatic heterocycles. The number of anilines is 1. The predicted octanol–water partition coefficient (Wildman–Crippen LogP) is -0.562. The van der Waals surface area contributed by atoms with Crippen LogP contribution in [0.15, 0.2) is 12.7 Å². The van der Waals surface area contributed by atoms with Gasteiger partial charge < -0.3 is 30.9 Å². The molecule has 0 bridgehead atoms. The number of aliphatic hydroxyl groups excluding tert-OH is 2. The number of aliphatic carboxylic acids is 2. The van der Waals surface area contributed by atoms with Crippen molar-refractivity contribution < 1.29 is 34.8 Å². The molecule has 2 aliphatic rings. The predicted molar refractivity (Wildman–Crippen MR) is 129 cm³/mol. The van der Waals surface area contributed by atoms with Crippen molar-refractivity contribution in [2.24, 2.45) is 0 Å². The number of imidazole rings is 1. The quantitative estimate of drug-likeness (QED) is 0.203. The first-order valence-corrected chi connectivity index (χ1v) is 13.0. The lowest BCUT2D eigenvalue weighted by Crippen LogP contribution is -2.63.